The van der Waals surface area contributed by atoms with E-state index in [0.717, 1.165) is 11.1 Å². The van der Waals surface area contributed by atoms with Gasteiger partial charge in [-0.2, -0.15) is 0 Å². The molecule has 1 aliphatic heterocycles. The zero-order valence-corrected chi connectivity index (χ0v) is 26.1. The van der Waals surface area contributed by atoms with E-state index >= 15 is 0 Å². The van der Waals surface area contributed by atoms with Gasteiger partial charge in [0.25, 0.3) is 0 Å². The predicted molar refractivity (Wildman–Crippen MR) is 137 cm³/mol. The molecule has 0 aromatic heterocycles. The molecular weight excluding hydrogens is 532 g/mol. The van der Waals surface area contributed by atoms with E-state index in [1.807, 2.05) is 12.1 Å². The van der Waals surface area contributed by atoms with Crippen LogP contribution in [0.1, 0.15) is 92.9 Å². The van der Waals surface area contributed by atoms with E-state index in [2.05, 4.69) is 81.2 Å². The maximum absolute atomic E-state index is 12.7. The molecule has 0 saturated heterocycles. The molecule has 1 aromatic rings. The van der Waals surface area contributed by atoms with Crippen molar-refractivity contribution in [3.63, 3.8) is 0 Å². The average molecular weight is 572 g/mol. The van der Waals surface area contributed by atoms with E-state index in [-0.39, 0.29) is 16.6 Å². The van der Waals surface area contributed by atoms with Crippen LogP contribution in [0.25, 0.3) is 0 Å². The van der Waals surface area contributed by atoms with Crippen LogP contribution in [0.4, 0.5) is 0 Å². The van der Waals surface area contributed by atoms with Crippen molar-refractivity contribution in [3.8, 4) is 5.75 Å². The Kier molecular flexibility index (Phi) is 12.0. The first-order valence-electron chi connectivity index (χ1n) is 11.3. The maximum atomic E-state index is 12.7. The summed E-state index contributed by atoms with van der Waals surface area (Å²) in [5.74, 6) is 7.89. The zero-order valence-electron chi connectivity index (χ0n) is 22.1. The molecule has 33 heavy (non-hydrogen) atoms. The van der Waals surface area contributed by atoms with Gasteiger partial charge in [-0.25, -0.2) is 4.99 Å². The number of hydrogen-bond acceptors (Lipinski definition) is 3. The van der Waals surface area contributed by atoms with Crippen molar-refractivity contribution in [3.05, 3.63) is 58.4 Å². The van der Waals surface area contributed by atoms with Crippen LogP contribution in [-0.4, -0.2) is 19.0 Å². The Labute approximate surface area is 221 Å². The molecule has 6 heteroatoms. The molecule has 0 amide bonds. The van der Waals surface area contributed by atoms with Crippen molar-refractivity contribution in [2.24, 2.45) is 4.99 Å². The number of halogens is 2. The number of aliphatic imine (C=N–C) groups is 1. The predicted octanol–water partition coefficient (Wildman–Crippen LogP) is 7.48. The van der Waals surface area contributed by atoms with Crippen molar-refractivity contribution < 1.29 is 30.7 Å². The quantitative estimate of drug-likeness (QED) is 0.351. The fourth-order valence-electron chi connectivity index (χ4n) is 3.68. The molecular formula is C27H39Cl2NO2Zr+. The van der Waals surface area contributed by atoms with E-state index in [9.17, 15) is 5.11 Å². The third-order valence-electron chi connectivity index (χ3n) is 6.39. The van der Waals surface area contributed by atoms with Crippen molar-refractivity contribution >= 4 is 22.9 Å². The van der Waals surface area contributed by atoms with Gasteiger partial charge >= 0.3 is 37.9 Å². The van der Waals surface area contributed by atoms with Crippen LogP contribution >= 0.6 is 17.0 Å². The Morgan fingerprint density at radius 1 is 0.818 bits per heavy atom. The summed E-state index contributed by atoms with van der Waals surface area (Å²) < 4.78 is 5.51. The molecule has 3 rings (SSSR count). The molecule has 3 nitrogen and oxygen atoms in total. The molecule has 181 valence electrons. The van der Waals surface area contributed by atoms with Crippen LogP contribution in [-0.2, 0) is 36.4 Å². The number of nitrogens with zero attached hydrogens (tertiary/aromatic N) is 1. The molecule has 1 aliphatic carbocycles. The van der Waals surface area contributed by atoms with Crippen LogP contribution in [0.3, 0.4) is 0 Å². The van der Waals surface area contributed by atoms with E-state index in [0.29, 0.717) is 24.6 Å². The van der Waals surface area contributed by atoms with Crippen LogP contribution in [0.15, 0.2) is 17.1 Å². The first-order chi connectivity index (χ1) is 15.1. The summed E-state index contributed by atoms with van der Waals surface area (Å²) >= 11 is -0.826. The SMILES string of the molecule is CC(C)(C)c1cc(C2=NCCO2)c([O-])c(C(C)(C)C)c1.C[C]1[C](C)[C](C)[C](C)[C]1C.[Cl][Zr+2][Cl]. The molecule has 1 aromatic carbocycles. The molecule has 1 heterocycles. The van der Waals surface area contributed by atoms with Gasteiger partial charge in [0.05, 0.1) is 6.54 Å². The molecule has 1 saturated carbocycles. The van der Waals surface area contributed by atoms with Gasteiger partial charge in [0.2, 0.25) is 5.90 Å². The van der Waals surface area contributed by atoms with Gasteiger partial charge in [-0.1, -0.05) is 88.0 Å². The first-order valence-corrected chi connectivity index (χ1v) is 17.6. The Hall–Kier alpha value is -0.0469. The average Bonchev–Trinajstić information content (AvgIpc) is 3.29. The second kappa shape index (κ2) is 12.8. The van der Waals surface area contributed by atoms with Gasteiger partial charge in [-0.15, -0.1) is 0 Å². The number of ether oxygens (including phenoxy) is 1. The van der Waals surface area contributed by atoms with E-state index in [4.69, 9.17) is 21.8 Å². The first kappa shape index (κ1) is 31.0. The standard InChI is InChI=1S/C17H25NO2.C10H15.2ClH.Zr/c1-16(2,3)11-9-12(15-18-7-8-20-15)14(19)13(10-11)17(4,5)6;1-6-7(2)9(4)10(5)8(6)3;;;/h9-10,19H,7-8H2,1-6H3;1-5H3;2*1H;/q;;;;+4/p-3. The summed E-state index contributed by atoms with van der Waals surface area (Å²) in [5.41, 5.74) is 2.39. The molecule has 0 N–H and O–H groups in total. The fraction of sp³-hybridized carbons (Fsp3) is 0.556. The Morgan fingerprint density at radius 2 is 1.24 bits per heavy atom. The van der Waals surface area contributed by atoms with E-state index in [1.165, 1.54) is 29.6 Å². The van der Waals surface area contributed by atoms with Gasteiger partial charge < -0.3 is 9.84 Å². The Balaban J connectivity index is 0.000000349. The van der Waals surface area contributed by atoms with Crippen molar-refractivity contribution in [2.75, 3.05) is 13.2 Å². The van der Waals surface area contributed by atoms with Crippen molar-refractivity contribution in [2.45, 2.75) is 87.0 Å². The van der Waals surface area contributed by atoms with Gasteiger partial charge in [0.1, 0.15) is 6.61 Å². The van der Waals surface area contributed by atoms with Gasteiger partial charge in [-0.05, 0) is 57.6 Å². The minimum atomic E-state index is -0.826. The zero-order chi connectivity index (χ0) is 25.7. The molecule has 5 radical (unpaired) electrons. The summed E-state index contributed by atoms with van der Waals surface area (Å²) in [6.45, 7) is 24.9. The number of benzene rings is 1. The summed E-state index contributed by atoms with van der Waals surface area (Å²) in [6.07, 6.45) is 0. The molecule has 2 aliphatic rings. The summed E-state index contributed by atoms with van der Waals surface area (Å²) in [4.78, 5) is 4.31. The van der Waals surface area contributed by atoms with E-state index < -0.39 is 20.8 Å². The minimum absolute atomic E-state index is 0.0123. The van der Waals surface area contributed by atoms with Gasteiger partial charge in [0, 0.05) is 5.56 Å². The topological polar surface area (TPSA) is 44.6 Å². The Morgan fingerprint density at radius 3 is 1.55 bits per heavy atom. The Bertz CT molecular complexity index is 754. The fourth-order valence-corrected chi connectivity index (χ4v) is 3.68. The van der Waals surface area contributed by atoms with Crippen LogP contribution < -0.4 is 5.11 Å². The molecule has 0 spiro atoms. The molecule has 0 bridgehead atoms. The van der Waals surface area contributed by atoms with Crippen LogP contribution in [0, 0.1) is 29.6 Å². The van der Waals surface area contributed by atoms with Crippen LogP contribution in [0.2, 0.25) is 0 Å². The van der Waals surface area contributed by atoms with E-state index in [1.54, 1.807) is 0 Å². The summed E-state index contributed by atoms with van der Waals surface area (Å²) in [5, 5.41) is 12.7. The third kappa shape index (κ3) is 8.25. The summed E-state index contributed by atoms with van der Waals surface area (Å²) in [7, 11) is 9.87. The van der Waals surface area contributed by atoms with Crippen molar-refractivity contribution in [1.82, 2.24) is 0 Å². The normalized spacial score (nSPS) is 18.6. The number of hydrogen-bond donors (Lipinski definition) is 0. The van der Waals surface area contributed by atoms with Crippen molar-refractivity contribution in [1.29, 1.82) is 0 Å². The number of rotatable bonds is 1. The third-order valence-corrected chi connectivity index (χ3v) is 6.39. The second-order valence-electron chi connectivity index (χ2n) is 10.6. The summed E-state index contributed by atoms with van der Waals surface area (Å²) in [6, 6.07) is 3.99. The van der Waals surface area contributed by atoms with Gasteiger partial charge in [0.15, 0.2) is 0 Å². The second-order valence-corrected chi connectivity index (χ2v) is 14.4. The van der Waals surface area contributed by atoms with Crippen LogP contribution in [0.5, 0.6) is 5.75 Å². The molecule has 0 atom stereocenters. The molecule has 0 unspecified atom stereocenters. The molecule has 1 fully saturated rings. The monoisotopic (exact) mass is 569 g/mol. The van der Waals surface area contributed by atoms with Gasteiger partial charge in [-0.3, -0.25) is 0 Å².